The first-order valence-electron chi connectivity index (χ1n) is 3.78. The molecular weight excluding hydrogens is 227 g/mol. The molecule has 0 atom stereocenters. The van der Waals surface area contributed by atoms with Gasteiger partial charge in [-0.25, -0.2) is 4.98 Å². The Labute approximate surface area is 87.3 Å². The van der Waals surface area contributed by atoms with Gasteiger partial charge in [-0.15, -0.1) is 13.2 Å². The average molecular weight is 231 g/mol. The number of hydrogen-bond donors (Lipinski definition) is 1. The fraction of sp³-hybridized carbons (Fsp3) is 0.125. The molecule has 0 saturated carbocycles. The number of nitrogen functional groups attached to an aromatic ring is 1. The molecular formula is C8H4F3N3O2. The lowest BCUT2D eigenvalue weighted by Gasteiger charge is -2.12. The Morgan fingerprint density at radius 3 is 2.62 bits per heavy atom. The molecule has 1 rings (SSSR count). The first kappa shape index (κ1) is 11.8. The van der Waals surface area contributed by atoms with Crippen molar-refractivity contribution in [2.75, 3.05) is 5.73 Å². The highest BCUT2D eigenvalue weighted by Crippen LogP contribution is 2.32. The van der Waals surface area contributed by atoms with E-state index in [0.29, 0.717) is 0 Å². The van der Waals surface area contributed by atoms with Crippen LogP contribution in [-0.4, -0.2) is 17.6 Å². The molecule has 0 bridgehead atoms. The maximum atomic E-state index is 12.0. The highest BCUT2D eigenvalue weighted by molar-refractivity contribution is 5.86. The van der Waals surface area contributed by atoms with Crippen LogP contribution in [0.2, 0.25) is 0 Å². The molecule has 0 saturated heterocycles. The molecule has 8 heteroatoms. The Balaban J connectivity index is 3.34. The smallest absolute Gasteiger partial charge is 0.400 e. The number of pyridine rings is 1. The van der Waals surface area contributed by atoms with Crippen LogP contribution in [0, 0.1) is 11.3 Å². The molecule has 5 nitrogen and oxygen atoms in total. The summed E-state index contributed by atoms with van der Waals surface area (Å²) in [7, 11) is 0. The molecule has 16 heavy (non-hydrogen) atoms. The van der Waals surface area contributed by atoms with Crippen molar-refractivity contribution in [1.82, 2.24) is 4.98 Å². The Morgan fingerprint density at radius 1 is 1.56 bits per heavy atom. The molecule has 0 unspecified atom stereocenters. The van der Waals surface area contributed by atoms with Crippen LogP contribution in [0.15, 0.2) is 6.20 Å². The van der Waals surface area contributed by atoms with Gasteiger partial charge in [0, 0.05) is 6.20 Å². The molecule has 0 aromatic carbocycles. The van der Waals surface area contributed by atoms with E-state index in [4.69, 9.17) is 11.0 Å². The second-order valence-corrected chi connectivity index (χ2v) is 2.58. The van der Waals surface area contributed by atoms with Gasteiger partial charge in [0.05, 0.1) is 11.3 Å². The minimum atomic E-state index is -5.01. The number of nitrogens with two attached hydrogens (primary N) is 1. The van der Waals surface area contributed by atoms with E-state index in [1.165, 1.54) is 6.07 Å². The number of nitriles is 1. The summed E-state index contributed by atoms with van der Waals surface area (Å²) in [5, 5.41) is 8.50. The van der Waals surface area contributed by atoms with Crippen molar-refractivity contribution in [3.8, 4) is 11.8 Å². The zero-order valence-corrected chi connectivity index (χ0v) is 7.58. The highest BCUT2D eigenvalue weighted by atomic mass is 19.4. The first-order valence-corrected chi connectivity index (χ1v) is 3.78. The fourth-order valence-electron chi connectivity index (χ4n) is 0.914. The van der Waals surface area contributed by atoms with Crippen LogP contribution in [0.1, 0.15) is 16.1 Å². The standard InChI is InChI=1S/C8H4F3N3O2/c9-8(10,11)16-7-5(1-12)14-2-4(3-15)6(7)13/h2-3H,(H2,13,14). The van der Waals surface area contributed by atoms with Crippen molar-refractivity contribution in [3.05, 3.63) is 17.5 Å². The summed E-state index contributed by atoms with van der Waals surface area (Å²) < 4.78 is 39.4. The lowest BCUT2D eigenvalue weighted by atomic mass is 10.2. The normalized spacial score (nSPS) is 10.6. The molecule has 1 aromatic rings. The molecule has 0 aliphatic rings. The largest absolute Gasteiger partial charge is 0.573 e. The van der Waals surface area contributed by atoms with Gasteiger partial charge in [-0.05, 0) is 0 Å². The van der Waals surface area contributed by atoms with E-state index in [1.807, 2.05) is 0 Å². The number of anilines is 1. The molecule has 1 aromatic heterocycles. The van der Waals surface area contributed by atoms with Gasteiger partial charge in [0.15, 0.2) is 17.7 Å². The zero-order chi connectivity index (χ0) is 12.3. The number of aromatic nitrogens is 1. The summed E-state index contributed by atoms with van der Waals surface area (Å²) >= 11 is 0. The van der Waals surface area contributed by atoms with E-state index in [0.717, 1.165) is 6.20 Å². The Morgan fingerprint density at radius 2 is 2.19 bits per heavy atom. The number of aldehydes is 1. The van der Waals surface area contributed by atoms with E-state index in [2.05, 4.69) is 9.72 Å². The minimum absolute atomic E-state index is 0.215. The van der Waals surface area contributed by atoms with Crippen LogP contribution in [0.5, 0.6) is 5.75 Å². The third kappa shape index (κ3) is 2.38. The SMILES string of the molecule is N#Cc1ncc(C=O)c(N)c1OC(F)(F)F. The number of halogens is 3. The molecule has 2 N–H and O–H groups in total. The van der Waals surface area contributed by atoms with Gasteiger partial charge < -0.3 is 10.5 Å². The van der Waals surface area contributed by atoms with Gasteiger partial charge in [-0.1, -0.05) is 0 Å². The molecule has 0 radical (unpaired) electrons. The zero-order valence-electron chi connectivity index (χ0n) is 7.58. The summed E-state index contributed by atoms with van der Waals surface area (Å²) in [5.74, 6) is -0.959. The van der Waals surface area contributed by atoms with Crippen molar-refractivity contribution < 1.29 is 22.7 Å². The number of ether oxygens (including phenoxy) is 1. The van der Waals surface area contributed by atoms with Crippen molar-refractivity contribution >= 4 is 12.0 Å². The lowest BCUT2D eigenvalue weighted by molar-refractivity contribution is -0.274. The van der Waals surface area contributed by atoms with E-state index < -0.39 is 23.5 Å². The van der Waals surface area contributed by atoms with E-state index in [-0.39, 0.29) is 11.8 Å². The van der Waals surface area contributed by atoms with E-state index in [1.54, 1.807) is 0 Å². The Kier molecular flexibility index (Phi) is 2.99. The number of carbonyl (C=O) groups excluding carboxylic acids is 1. The molecule has 1 heterocycles. The first-order chi connectivity index (χ1) is 7.39. The highest BCUT2D eigenvalue weighted by Gasteiger charge is 2.34. The molecule has 0 aliphatic heterocycles. The predicted molar refractivity (Wildman–Crippen MR) is 45.4 cm³/mol. The maximum Gasteiger partial charge on any atom is 0.573 e. The number of alkyl halides is 3. The monoisotopic (exact) mass is 231 g/mol. The topological polar surface area (TPSA) is 89.0 Å². The van der Waals surface area contributed by atoms with Crippen LogP contribution in [-0.2, 0) is 0 Å². The number of hydrogen-bond acceptors (Lipinski definition) is 5. The summed E-state index contributed by atoms with van der Waals surface area (Å²) in [6.45, 7) is 0. The van der Waals surface area contributed by atoms with Crippen molar-refractivity contribution in [2.24, 2.45) is 0 Å². The molecule has 0 aliphatic carbocycles. The Hall–Kier alpha value is -2.30. The van der Waals surface area contributed by atoms with E-state index in [9.17, 15) is 18.0 Å². The minimum Gasteiger partial charge on any atom is -0.400 e. The van der Waals surface area contributed by atoms with Gasteiger partial charge in [0.2, 0.25) is 0 Å². The molecule has 84 valence electrons. The fourth-order valence-corrected chi connectivity index (χ4v) is 0.914. The van der Waals surface area contributed by atoms with Gasteiger partial charge >= 0.3 is 6.36 Å². The van der Waals surface area contributed by atoms with E-state index >= 15 is 0 Å². The second kappa shape index (κ2) is 4.06. The van der Waals surface area contributed by atoms with Gasteiger partial charge in [-0.3, -0.25) is 4.79 Å². The van der Waals surface area contributed by atoms with Crippen LogP contribution in [0.4, 0.5) is 18.9 Å². The summed E-state index contributed by atoms with van der Waals surface area (Å²) in [4.78, 5) is 13.7. The van der Waals surface area contributed by atoms with Crippen molar-refractivity contribution in [1.29, 1.82) is 5.26 Å². The van der Waals surface area contributed by atoms with Crippen molar-refractivity contribution in [3.63, 3.8) is 0 Å². The van der Waals surface area contributed by atoms with Crippen LogP contribution >= 0.6 is 0 Å². The van der Waals surface area contributed by atoms with Crippen LogP contribution < -0.4 is 10.5 Å². The summed E-state index contributed by atoms with van der Waals surface area (Å²) in [6, 6.07) is 1.38. The average Bonchev–Trinajstić information content (AvgIpc) is 2.19. The Bertz CT molecular complexity index is 465. The predicted octanol–water partition coefficient (Wildman–Crippen LogP) is 1.25. The quantitative estimate of drug-likeness (QED) is 0.773. The van der Waals surface area contributed by atoms with Crippen molar-refractivity contribution in [2.45, 2.75) is 6.36 Å². The van der Waals surface area contributed by atoms with Crippen LogP contribution in [0.3, 0.4) is 0 Å². The lowest BCUT2D eigenvalue weighted by Crippen LogP contribution is -2.19. The summed E-state index contributed by atoms with van der Waals surface area (Å²) in [5.41, 5.74) is 3.74. The maximum absolute atomic E-state index is 12.0. The number of nitrogens with zero attached hydrogens (tertiary/aromatic N) is 2. The third-order valence-corrected chi connectivity index (χ3v) is 1.55. The van der Waals surface area contributed by atoms with Gasteiger partial charge in [-0.2, -0.15) is 5.26 Å². The third-order valence-electron chi connectivity index (χ3n) is 1.55. The molecule has 0 spiro atoms. The molecule has 0 fully saturated rings. The summed E-state index contributed by atoms with van der Waals surface area (Å²) in [6.07, 6.45) is -3.90. The van der Waals surface area contributed by atoms with Gasteiger partial charge in [0.1, 0.15) is 6.07 Å². The second-order valence-electron chi connectivity index (χ2n) is 2.58. The number of carbonyl (C=O) groups is 1. The number of rotatable bonds is 2. The van der Waals surface area contributed by atoms with Gasteiger partial charge in [0.25, 0.3) is 0 Å². The van der Waals surface area contributed by atoms with Crippen LogP contribution in [0.25, 0.3) is 0 Å². The molecule has 0 amide bonds.